The minimum atomic E-state index is -0.768. The molecule has 1 aromatic heterocycles. The average molecular weight is 476 g/mol. The molecule has 7 nitrogen and oxygen atoms in total. The van der Waals surface area contributed by atoms with Crippen LogP contribution in [-0.4, -0.2) is 46.9 Å². The number of aliphatic hydroxyl groups excluding tert-OH is 1. The Morgan fingerprint density at radius 3 is 2.59 bits per heavy atom. The second-order valence-electron chi connectivity index (χ2n) is 8.29. The number of ether oxygens (including phenoxy) is 1. The van der Waals surface area contributed by atoms with E-state index >= 15 is 0 Å². The predicted octanol–water partition coefficient (Wildman–Crippen LogP) is 4.19. The Morgan fingerprint density at radius 1 is 1.12 bits per heavy atom. The number of halogens is 1. The van der Waals surface area contributed by atoms with E-state index in [0.29, 0.717) is 35.1 Å². The van der Waals surface area contributed by atoms with E-state index in [-0.39, 0.29) is 17.9 Å². The number of fused-ring (bicyclic) bond motifs is 1. The second kappa shape index (κ2) is 8.83. The zero-order valence-electron chi connectivity index (χ0n) is 18.4. The van der Waals surface area contributed by atoms with Crippen LogP contribution in [0.2, 0.25) is 5.02 Å². The summed E-state index contributed by atoms with van der Waals surface area (Å²) >= 11 is 6.09. The van der Waals surface area contributed by atoms with Crippen molar-refractivity contribution in [1.82, 2.24) is 9.88 Å². The number of nitrogens with zero attached hydrogens (tertiary/aromatic N) is 3. The molecule has 1 atom stereocenters. The van der Waals surface area contributed by atoms with Crippen molar-refractivity contribution in [3.8, 4) is 5.75 Å². The molecular formula is C26H22ClN3O4. The Bertz CT molecular complexity index is 1290. The number of aromatic nitrogens is 1. The topological polar surface area (TPSA) is 83.0 Å². The molecule has 1 saturated heterocycles. The molecule has 5 rings (SSSR count). The number of amides is 1. The van der Waals surface area contributed by atoms with Crippen LogP contribution in [0.15, 0.2) is 72.6 Å². The van der Waals surface area contributed by atoms with Gasteiger partial charge in [0.15, 0.2) is 0 Å². The van der Waals surface area contributed by atoms with E-state index < -0.39 is 17.7 Å². The molecule has 0 saturated carbocycles. The smallest absolute Gasteiger partial charge is 0.295 e. The molecule has 0 bridgehead atoms. The highest BCUT2D eigenvalue weighted by molar-refractivity contribution is 6.46. The number of hydrogen-bond acceptors (Lipinski definition) is 6. The van der Waals surface area contributed by atoms with Crippen molar-refractivity contribution in [2.45, 2.75) is 12.6 Å². The van der Waals surface area contributed by atoms with E-state index in [9.17, 15) is 14.7 Å². The summed E-state index contributed by atoms with van der Waals surface area (Å²) in [6.45, 7) is 1.47. The summed E-state index contributed by atoms with van der Waals surface area (Å²) in [5, 5.41) is 11.9. The molecule has 34 heavy (non-hydrogen) atoms. The van der Waals surface area contributed by atoms with Crippen molar-refractivity contribution in [3.63, 3.8) is 0 Å². The van der Waals surface area contributed by atoms with Gasteiger partial charge < -0.3 is 19.6 Å². The summed E-state index contributed by atoms with van der Waals surface area (Å²) in [7, 11) is 1.94. The molecule has 2 aromatic carbocycles. The minimum absolute atomic E-state index is 0.0423. The maximum absolute atomic E-state index is 13.2. The van der Waals surface area contributed by atoms with Gasteiger partial charge in [-0.15, -0.1) is 0 Å². The van der Waals surface area contributed by atoms with Crippen molar-refractivity contribution in [2.24, 2.45) is 0 Å². The SMILES string of the molecule is CN1CCOc2ccc(/C(O)=C3/C(=O)C(=O)N(Cc4ccncc4)C3c3ccc(Cl)cc3)cc21. The molecule has 1 N–H and O–H groups in total. The first kappa shape index (κ1) is 22.0. The number of likely N-dealkylation sites (N-methyl/N-ethyl adjacent to an activating group) is 1. The molecule has 2 aliphatic heterocycles. The van der Waals surface area contributed by atoms with Crippen molar-refractivity contribution in [3.05, 3.63) is 94.3 Å². The zero-order valence-corrected chi connectivity index (χ0v) is 19.2. The van der Waals surface area contributed by atoms with E-state index in [1.54, 1.807) is 67.0 Å². The number of carbonyl (C=O) groups is 2. The molecule has 0 aliphatic carbocycles. The van der Waals surface area contributed by atoms with Gasteiger partial charge >= 0.3 is 0 Å². The fourth-order valence-electron chi connectivity index (χ4n) is 4.37. The number of Topliss-reactive ketones (excluding diaryl/α,β-unsaturated/α-hetero) is 1. The first-order valence-electron chi connectivity index (χ1n) is 10.8. The van der Waals surface area contributed by atoms with Crippen LogP contribution in [0.5, 0.6) is 5.75 Å². The van der Waals surface area contributed by atoms with Crippen molar-refractivity contribution >= 4 is 34.7 Å². The van der Waals surface area contributed by atoms with E-state index in [1.807, 2.05) is 11.9 Å². The van der Waals surface area contributed by atoms with Gasteiger partial charge in [0.05, 0.1) is 23.8 Å². The van der Waals surface area contributed by atoms with Crippen molar-refractivity contribution < 1.29 is 19.4 Å². The number of benzene rings is 2. The highest BCUT2D eigenvalue weighted by Gasteiger charge is 2.46. The second-order valence-corrected chi connectivity index (χ2v) is 8.72. The van der Waals surface area contributed by atoms with Crippen molar-refractivity contribution in [1.29, 1.82) is 0 Å². The van der Waals surface area contributed by atoms with Gasteiger partial charge in [-0.05, 0) is 53.6 Å². The van der Waals surface area contributed by atoms with Gasteiger partial charge in [-0.3, -0.25) is 14.6 Å². The van der Waals surface area contributed by atoms with Gasteiger partial charge in [0.25, 0.3) is 11.7 Å². The van der Waals surface area contributed by atoms with Crippen LogP contribution in [0.1, 0.15) is 22.7 Å². The lowest BCUT2D eigenvalue weighted by atomic mass is 9.95. The molecule has 3 aromatic rings. The van der Waals surface area contributed by atoms with Crippen LogP contribution in [0, 0.1) is 0 Å². The predicted molar refractivity (Wildman–Crippen MR) is 129 cm³/mol. The molecule has 0 radical (unpaired) electrons. The van der Waals surface area contributed by atoms with E-state index in [2.05, 4.69) is 4.98 Å². The number of anilines is 1. The number of aliphatic hydroxyl groups is 1. The molecule has 1 unspecified atom stereocenters. The summed E-state index contributed by atoms with van der Waals surface area (Å²) < 4.78 is 5.69. The summed E-state index contributed by atoms with van der Waals surface area (Å²) in [5.41, 5.74) is 2.79. The molecular weight excluding hydrogens is 454 g/mol. The van der Waals surface area contributed by atoms with Crippen LogP contribution >= 0.6 is 11.6 Å². The fraction of sp³-hybridized carbons (Fsp3) is 0.192. The lowest BCUT2D eigenvalue weighted by Gasteiger charge is -2.28. The van der Waals surface area contributed by atoms with Crippen LogP contribution < -0.4 is 9.64 Å². The van der Waals surface area contributed by atoms with E-state index in [4.69, 9.17) is 16.3 Å². The highest BCUT2D eigenvalue weighted by atomic mass is 35.5. The third-order valence-corrected chi connectivity index (χ3v) is 6.41. The van der Waals surface area contributed by atoms with Crippen LogP contribution in [0.3, 0.4) is 0 Å². The standard InChI is InChI=1S/C26H22ClN3O4/c1-29-12-13-34-21-7-4-18(14-20(21)29)24(31)22-23(17-2-5-19(27)6-3-17)30(26(33)25(22)32)15-16-8-10-28-11-9-16/h2-11,14,23,31H,12-13,15H2,1H3/b24-22-. The number of pyridine rings is 1. The highest BCUT2D eigenvalue weighted by Crippen LogP contribution is 2.42. The molecule has 2 aliphatic rings. The van der Waals surface area contributed by atoms with E-state index in [0.717, 1.165) is 11.3 Å². The van der Waals surface area contributed by atoms with Crippen LogP contribution in [0.4, 0.5) is 5.69 Å². The third-order valence-electron chi connectivity index (χ3n) is 6.16. The van der Waals surface area contributed by atoms with Crippen LogP contribution in [0.25, 0.3) is 5.76 Å². The fourth-order valence-corrected chi connectivity index (χ4v) is 4.50. The third kappa shape index (κ3) is 3.88. The summed E-state index contributed by atoms with van der Waals surface area (Å²) in [5.74, 6) is -0.916. The van der Waals surface area contributed by atoms with Crippen LogP contribution in [-0.2, 0) is 16.1 Å². The van der Waals surface area contributed by atoms with Gasteiger partial charge in [-0.1, -0.05) is 23.7 Å². The zero-order chi connectivity index (χ0) is 23.8. The molecule has 3 heterocycles. The molecule has 8 heteroatoms. The maximum atomic E-state index is 13.2. The molecule has 172 valence electrons. The van der Waals surface area contributed by atoms with Gasteiger partial charge in [0.1, 0.15) is 18.1 Å². The molecule has 1 amide bonds. The lowest BCUT2D eigenvalue weighted by molar-refractivity contribution is -0.140. The molecule has 1 fully saturated rings. The van der Waals surface area contributed by atoms with Gasteiger partial charge in [-0.2, -0.15) is 0 Å². The van der Waals surface area contributed by atoms with Gasteiger partial charge in [-0.25, -0.2) is 0 Å². The van der Waals surface area contributed by atoms with Crippen molar-refractivity contribution in [2.75, 3.05) is 25.1 Å². The number of rotatable bonds is 4. The van der Waals surface area contributed by atoms with Gasteiger partial charge in [0.2, 0.25) is 0 Å². The van der Waals surface area contributed by atoms with Gasteiger partial charge in [0, 0.05) is 36.6 Å². The monoisotopic (exact) mass is 475 g/mol. The molecule has 0 spiro atoms. The Hall–Kier alpha value is -3.84. The number of likely N-dealkylation sites (tertiary alicyclic amines) is 1. The Labute approximate surface area is 201 Å². The number of hydrogen-bond donors (Lipinski definition) is 1. The first-order valence-corrected chi connectivity index (χ1v) is 11.2. The number of carbonyl (C=O) groups excluding carboxylic acids is 2. The summed E-state index contributed by atoms with van der Waals surface area (Å²) in [6.07, 6.45) is 3.27. The normalized spacial score (nSPS) is 19.2. The number of ketones is 1. The average Bonchev–Trinajstić information content (AvgIpc) is 3.10. The Balaban J connectivity index is 1.64. The first-order chi connectivity index (χ1) is 16.4. The largest absolute Gasteiger partial charge is 0.507 e. The summed E-state index contributed by atoms with van der Waals surface area (Å²) in [4.78, 5) is 33.9. The Morgan fingerprint density at radius 2 is 1.85 bits per heavy atom. The Kier molecular flexibility index (Phi) is 5.71. The minimum Gasteiger partial charge on any atom is -0.507 e. The van der Waals surface area contributed by atoms with E-state index in [1.165, 1.54) is 4.90 Å². The quantitative estimate of drug-likeness (QED) is 0.346. The summed E-state index contributed by atoms with van der Waals surface area (Å²) in [6, 6.07) is 15.0. The lowest BCUT2D eigenvalue weighted by Crippen LogP contribution is -2.29. The maximum Gasteiger partial charge on any atom is 0.295 e.